The average molecular weight is 313 g/mol. The van der Waals surface area contributed by atoms with E-state index in [1.165, 1.54) is 12.1 Å². The van der Waals surface area contributed by atoms with E-state index >= 15 is 0 Å². The molecule has 2 aromatic rings. The van der Waals surface area contributed by atoms with Crippen LogP contribution in [0.25, 0.3) is 0 Å². The lowest BCUT2D eigenvalue weighted by atomic mass is 10.2. The van der Waals surface area contributed by atoms with E-state index < -0.39 is 5.82 Å². The third kappa shape index (κ3) is 3.38. The SMILES string of the molecule is Fc1ccc(N=Cc2cccc(Br)c2)cc1Cl. The summed E-state index contributed by atoms with van der Waals surface area (Å²) in [7, 11) is 0. The summed E-state index contributed by atoms with van der Waals surface area (Å²) in [6.07, 6.45) is 1.70. The van der Waals surface area contributed by atoms with E-state index in [0.717, 1.165) is 10.0 Å². The third-order valence-corrected chi connectivity index (χ3v) is 2.90. The van der Waals surface area contributed by atoms with Crippen LogP contribution in [0.2, 0.25) is 5.02 Å². The summed E-state index contributed by atoms with van der Waals surface area (Å²) >= 11 is 9.04. The molecule has 0 aliphatic heterocycles. The fourth-order valence-electron chi connectivity index (χ4n) is 1.30. The van der Waals surface area contributed by atoms with Crippen molar-refractivity contribution in [2.24, 2.45) is 4.99 Å². The Labute approximate surface area is 112 Å². The van der Waals surface area contributed by atoms with Gasteiger partial charge < -0.3 is 0 Å². The molecule has 0 radical (unpaired) electrons. The van der Waals surface area contributed by atoms with Crippen LogP contribution in [0, 0.1) is 5.82 Å². The Bertz CT molecular complexity index is 569. The molecule has 0 unspecified atom stereocenters. The van der Waals surface area contributed by atoms with Crippen molar-refractivity contribution in [3.63, 3.8) is 0 Å². The molecule has 0 amide bonds. The maximum atomic E-state index is 12.9. The first kappa shape index (κ1) is 12.3. The summed E-state index contributed by atoms with van der Waals surface area (Å²) in [5.41, 5.74) is 1.58. The highest BCUT2D eigenvalue weighted by molar-refractivity contribution is 9.10. The largest absolute Gasteiger partial charge is 0.256 e. The number of benzene rings is 2. The van der Waals surface area contributed by atoms with Gasteiger partial charge in [-0.25, -0.2) is 4.39 Å². The van der Waals surface area contributed by atoms with Crippen LogP contribution >= 0.6 is 27.5 Å². The molecule has 0 saturated carbocycles. The molecule has 2 rings (SSSR count). The van der Waals surface area contributed by atoms with Crippen molar-refractivity contribution < 1.29 is 4.39 Å². The topological polar surface area (TPSA) is 12.4 Å². The van der Waals surface area contributed by atoms with Crippen LogP contribution in [0.1, 0.15) is 5.56 Å². The lowest BCUT2D eigenvalue weighted by Gasteiger charge is -1.97. The lowest BCUT2D eigenvalue weighted by molar-refractivity contribution is 0.628. The predicted molar refractivity (Wildman–Crippen MR) is 72.8 cm³/mol. The quantitative estimate of drug-likeness (QED) is 0.693. The minimum Gasteiger partial charge on any atom is -0.256 e. The van der Waals surface area contributed by atoms with E-state index in [9.17, 15) is 4.39 Å². The fraction of sp³-hybridized carbons (Fsp3) is 0. The lowest BCUT2D eigenvalue weighted by Crippen LogP contribution is -1.80. The number of rotatable bonds is 2. The van der Waals surface area contributed by atoms with E-state index in [0.29, 0.717) is 5.69 Å². The number of hydrogen-bond acceptors (Lipinski definition) is 1. The van der Waals surface area contributed by atoms with Crippen molar-refractivity contribution in [3.8, 4) is 0 Å². The van der Waals surface area contributed by atoms with E-state index in [1.54, 1.807) is 12.3 Å². The Morgan fingerprint density at radius 1 is 1.18 bits per heavy atom. The van der Waals surface area contributed by atoms with Gasteiger partial charge in [-0.2, -0.15) is 0 Å². The Hall–Kier alpha value is -1.19. The summed E-state index contributed by atoms with van der Waals surface area (Å²) in [5, 5.41) is 0.0777. The molecule has 0 atom stereocenters. The summed E-state index contributed by atoms with van der Waals surface area (Å²) in [6.45, 7) is 0. The number of hydrogen-bond donors (Lipinski definition) is 0. The van der Waals surface area contributed by atoms with Crippen LogP contribution in [-0.4, -0.2) is 6.21 Å². The molecule has 17 heavy (non-hydrogen) atoms. The molecule has 4 heteroatoms. The second kappa shape index (κ2) is 5.43. The third-order valence-electron chi connectivity index (χ3n) is 2.11. The van der Waals surface area contributed by atoms with Crippen molar-refractivity contribution in [2.45, 2.75) is 0 Å². The Kier molecular flexibility index (Phi) is 3.92. The molecule has 0 heterocycles. The standard InChI is InChI=1S/C13H8BrClFN/c14-10-3-1-2-9(6-10)8-17-11-4-5-13(16)12(15)7-11/h1-8H. The first-order chi connectivity index (χ1) is 8.15. The second-order valence-corrected chi connectivity index (χ2v) is 4.73. The molecular weight excluding hydrogens is 305 g/mol. The molecule has 0 spiro atoms. The van der Waals surface area contributed by atoms with Gasteiger partial charge in [0.25, 0.3) is 0 Å². The van der Waals surface area contributed by atoms with Gasteiger partial charge in [0.2, 0.25) is 0 Å². The van der Waals surface area contributed by atoms with E-state index in [1.807, 2.05) is 24.3 Å². The second-order valence-electron chi connectivity index (χ2n) is 3.41. The van der Waals surface area contributed by atoms with Crippen LogP contribution < -0.4 is 0 Å². The summed E-state index contributed by atoms with van der Waals surface area (Å²) in [5.74, 6) is -0.437. The molecule has 0 aliphatic rings. The molecule has 1 nitrogen and oxygen atoms in total. The molecule has 0 saturated heterocycles. The van der Waals surface area contributed by atoms with E-state index in [2.05, 4.69) is 20.9 Å². The van der Waals surface area contributed by atoms with Gasteiger partial charge in [-0.05, 0) is 35.9 Å². The fourth-order valence-corrected chi connectivity index (χ4v) is 1.89. The molecular formula is C13H8BrClFN. The monoisotopic (exact) mass is 311 g/mol. The van der Waals surface area contributed by atoms with Crippen molar-refractivity contribution in [3.05, 3.63) is 63.3 Å². The number of aliphatic imine (C=N–C) groups is 1. The summed E-state index contributed by atoms with van der Waals surface area (Å²) in [4.78, 5) is 4.22. The zero-order valence-corrected chi connectivity index (χ0v) is 11.0. The van der Waals surface area contributed by atoms with Crippen LogP contribution in [0.15, 0.2) is 51.9 Å². The summed E-state index contributed by atoms with van der Waals surface area (Å²) < 4.78 is 13.9. The minimum absolute atomic E-state index is 0.0777. The predicted octanol–water partition coefficient (Wildman–Crippen LogP) is 4.99. The number of halogens is 3. The molecule has 0 N–H and O–H groups in total. The average Bonchev–Trinajstić information content (AvgIpc) is 2.31. The van der Waals surface area contributed by atoms with Crippen LogP contribution in [0.5, 0.6) is 0 Å². The normalized spacial score (nSPS) is 11.0. The Morgan fingerprint density at radius 2 is 2.00 bits per heavy atom. The van der Waals surface area contributed by atoms with Gasteiger partial charge in [0, 0.05) is 10.7 Å². The molecule has 0 aliphatic carbocycles. The zero-order chi connectivity index (χ0) is 12.3. The maximum absolute atomic E-state index is 12.9. The zero-order valence-electron chi connectivity index (χ0n) is 8.70. The molecule has 86 valence electrons. The minimum atomic E-state index is -0.437. The highest BCUT2D eigenvalue weighted by Gasteiger charge is 1.98. The van der Waals surface area contributed by atoms with Crippen molar-refractivity contribution in [1.29, 1.82) is 0 Å². The van der Waals surface area contributed by atoms with Crippen molar-refractivity contribution in [2.75, 3.05) is 0 Å². The highest BCUT2D eigenvalue weighted by Crippen LogP contribution is 2.21. The van der Waals surface area contributed by atoms with Gasteiger partial charge in [-0.15, -0.1) is 0 Å². The molecule has 2 aromatic carbocycles. The van der Waals surface area contributed by atoms with Crippen molar-refractivity contribution in [1.82, 2.24) is 0 Å². The van der Waals surface area contributed by atoms with Gasteiger partial charge >= 0.3 is 0 Å². The van der Waals surface area contributed by atoms with E-state index in [-0.39, 0.29) is 5.02 Å². The van der Waals surface area contributed by atoms with Gasteiger partial charge in [0.15, 0.2) is 0 Å². The van der Waals surface area contributed by atoms with Gasteiger partial charge in [-0.3, -0.25) is 4.99 Å². The van der Waals surface area contributed by atoms with Crippen molar-refractivity contribution >= 4 is 39.4 Å². The van der Waals surface area contributed by atoms with Crippen LogP contribution in [0.3, 0.4) is 0 Å². The molecule has 0 aromatic heterocycles. The Balaban J connectivity index is 2.23. The smallest absolute Gasteiger partial charge is 0.141 e. The summed E-state index contributed by atoms with van der Waals surface area (Å²) in [6, 6.07) is 12.1. The molecule has 0 bridgehead atoms. The number of nitrogens with zero attached hydrogens (tertiary/aromatic N) is 1. The van der Waals surface area contributed by atoms with Gasteiger partial charge in [0.1, 0.15) is 5.82 Å². The van der Waals surface area contributed by atoms with E-state index in [4.69, 9.17) is 11.6 Å². The van der Waals surface area contributed by atoms with Gasteiger partial charge in [-0.1, -0.05) is 39.7 Å². The highest BCUT2D eigenvalue weighted by atomic mass is 79.9. The Morgan fingerprint density at radius 3 is 2.71 bits per heavy atom. The maximum Gasteiger partial charge on any atom is 0.141 e. The van der Waals surface area contributed by atoms with Crippen LogP contribution in [0.4, 0.5) is 10.1 Å². The first-order valence-corrected chi connectivity index (χ1v) is 6.07. The van der Waals surface area contributed by atoms with Crippen LogP contribution in [-0.2, 0) is 0 Å². The first-order valence-electron chi connectivity index (χ1n) is 4.90. The van der Waals surface area contributed by atoms with Gasteiger partial charge in [0.05, 0.1) is 10.7 Å². The molecule has 0 fully saturated rings.